The number of fused-ring (bicyclic) bond motifs is 2. The van der Waals surface area contributed by atoms with Crippen LogP contribution in [0.2, 0.25) is 0 Å². The molecular formula is C10H16O4. The predicted molar refractivity (Wildman–Crippen MR) is 48.8 cm³/mol. The molecule has 0 radical (unpaired) electrons. The molecule has 2 fully saturated rings. The largest absolute Gasteiger partial charge is 0.380 e. The number of Topliss-reactive ketones (excluding diaryl/α,β-unsaturated/α-hetero) is 1. The normalized spacial score (nSPS) is 35.7. The van der Waals surface area contributed by atoms with Gasteiger partial charge in [-0.1, -0.05) is 0 Å². The van der Waals surface area contributed by atoms with Crippen LogP contribution in [0.5, 0.6) is 0 Å². The molecule has 1 heterocycles. The van der Waals surface area contributed by atoms with Crippen LogP contribution in [0.15, 0.2) is 0 Å². The van der Waals surface area contributed by atoms with Gasteiger partial charge in [0.15, 0.2) is 5.79 Å². The summed E-state index contributed by atoms with van der Waals surface area (Å²) >= 11 is 0. The summed E-state index contributed by atoms with van der Waals surface area (Å²) in [5.41, 5.74) is 0. The van der Waals surface area contributed by atoms with Crippen LogP contribution in [-0.4, -0.2) is 39.0 Å². The molecule has 0 aromatic heterocycles. The molecule has 1 saturated heterocycles. The number of ether oxygens (including phenoxy) is 3. The van der Waals surface area contributed by atoms with Crippen LogP contribution < -0.4 is 0 Å². The van der Waals surface area contributed by atoms with E-state index < -0.39 is 5.79 Å². The van der Waals surface area contributed by atoms with Gasteiger partial charge in [-0.2, -0.15) is 0 Å². The highest BCUT2D eigenvalue weighted by molar-refractivity contribution is 5.80. The van der Waals surface area contributed by atoms with Crippen LogP contribution in [0.3, 0.4) is 0 Å². The van der Waals surface area contributed by atoms with Gasteiger partial charge in [-0.25, -0.2) is 0 Å². The standard InChI is InChI=1S/C10H16O4/c1-12-10(13-2)7-3-9(11)4-8(10)6-14-5-7/h7-8H,3-6H2,1-2H3. The molecule has 0 N–H and O–H groups in total. The Hall–Kier alpha value is -0.450. The molecule has 14 heavy (non-hydrogen) atoms. The molecule has 2 aliphatic rings. The molecule has 0 amide bonds. The van der Waals surface area contributed by atoms with E-state index in [9.17, 15) is 4.79 Å². The highest BCUT2D eigenvalue weighted by atomic mass is 16.7. The van der Waals surface area contributed by atoms with E-state index >= 15 is 0 Å². The van der Waals surface area contributed by atoms with E-state index in [1.165, 1.54) is 0 Å². The Bertz CT molecular complexity index is 216. The fourth-order valence-electron chi connectivity index (χ4n) is 2.70. The van der Waals surface area contributed by atoms with E-state index in [0.29, 0.717) is 31.8 Å². The molecule has 80 valence electrons. The molecular weight excluding hydrogens is 184 g/mol. The zero-order chi connectivity index (χ0) is 10.2. The molecule has 1 aliphatic heterocycles. The van der Waals surface area contributed by atoms with Crippen molar-refractivity contribution in [3.05, 3.63) is 0 Å². The van der Waals surface area contributed by atoms with Crippen molar-refractivity contribution in [3.8, 4) is 0 Å². The highest BCUT2D eigenvalue weighted by Gasteiger charge is 2.53. The topological polar surface area (TPSA) is 44.8 Å². The molecule has 4 nitrogen and oxygen atoms in total. The van der Waals surface area contributed by atoms with Crippen LogP contribution in [0.25, 0.3) is 0 Å². The smallest absolute Gasteiger partial charge is 0.178 e. The highest BCUT2D eigenvalue weighted by Crippen LogP contribution is 2.43. The minimum atomic E-state index is -0.591. The zero-order valence-corrected chi connectivity index (χ0v) is 8.62. The molecule has 2 unspecified atom stereocenters. The lowest BCUT2D eigenvalue weighted by atomic mass is 9.74. The Kier molecular flexibility index (Phi) is 2.60. The maximum atomic E-state index is 11.4. The van der Waals surface area contributed by atoms with E-state index in [-0.39, 0.29) is 11.8 Å². The molecule has 2 atom stereocenters. The first-order valence-corrected chi connectivity index (χ1v) is 4.92. The number of carbonyl (C=O) groups is 1. The van der Waals surface area contributed by atoms with Crippen LogP contribution in [0, 0.1) is 11.8 Å². The molecule has 2 rings (SSSR count). The Morgan fingerprint density at radius 2 is 1.71 bits per heavy atom. The summed E-state index contributed by atoms with van der Waals surface area (Å²) < 4.78 is 16.4. The molecule has 0 aromatic rings. The van der Waals surface area contributed by atoms with Crippen LogP contribution in [-0.2, 0) is 19.0 Å². The van der Waals surface area contributed by atoms with Crippen molar-refractivity contribution in [1.82, 2.24) is 0 Å². The number of ketones is 1. The van der Waals surface area contributed by atoms with Crippen molar-refractivity contribution in [2.24, 2.45) is 11.8 Å². The van der Waals surface area contributed by atoms with Crippen molar-refractivity contribution in [1.29, 1.82) is 0 Å². The van der Waals surface area contributed by atoms with Gasteiger partial charge >= 0.3 is 0 Å². The second-order valence-electron chi connectivity index (χ2n) is 4.01. The van der Waals surface area contributed by atoms with Crippen molar-refractivity contribution in [2.45, 2.75) is 18.6 Å². The number of carbonyl (C=O) groups excluding carboxylic acids is 1. The van der Waals surface area contributed by atoms with Gasteiger partial charge in [-0.3, -0.25) is 4.79 Å². The number of rotatable bonds is 2. The molecule has 4 heteroatoms. The van der Waals surface area contributed by atoms with Crippen molar-refractivity contribution in [2.75, 3.05) is 27.4 Å². The molecule has 1 aliphatic carbocycles. The van der Waals surface area contributed by atoms with Crippen LogP contribution in [0.1, 0.15) is 12.8 Å². The Labute approximate surface area is 83.5 Å². The number of hydrogen-bond acceptors (Lipinski definition) is 4. The summed E-state index contributed by atoms with van der Waals surface area (Å²) in [4.78, 5) is 11.4. The van der Waals surface area contributed by atoms with Crippen LogP contribution >= 0.6 is 0 Å². The second kappa shape index (κ2) is 3.61. The summed E-state index contributed by atoms with van der Waals surface area (Å²) in [6.45, 7) is 1.12. The van der Waals surface area contributed by atoms with E-state index in [2.05, 4.69) is 0 Å². The first-order chi connectivity index (χ1) is 6.73. The molecule has 1 saturated carbocycles. The summed E-state index contributed by atoms with van der Waals surface area (Å²) in [6, 6.07) is 0. The predicted octanol–water partition coefficient (Wildman–Crippen LogP) is 0.601. The lowest BCUT2D eigenvalue weighted by Gasteiger charge is -2.49. The van der Waals surface area contributed by atoms with Gasteiger partial charge in [0.2, 0.25) is 0 Å². The summed E-state index contributed by atoms with van der Waals surface area (Å²) in [6.07, 6.45) is 1.02. The minimum absolute atomic E-state index is 0.0532. The maximum absolute atomic E-state index is 11.4. The van der Waals surface area contributed by atoms with Gasteiger partial charge in [-0.05, 0) is 0 Å². The quantitative estimate of drug-likeness (QED) is 0.612. The van der Waals surface area contributed by atoms with E-state index in [4.69, 9.17) is 14.2 Å². The Morgan fingerprint density at radius 3 is 2.14 bits per heavy atom. The van der Waals surface area contributed by atoms with Gasteiger partial charge < -0.3 is 14.2 Å². The maximum Gasteiger partial charge on any atom is 0.178 e. The minimum Gasteiger partial charge on any atom is -0.380 e. The van der Waals surface area contributed by atoms with E-state index in [1.807, 2.05) is 0 Å². The summed E-state index contributed by atoms with van der Waals surface area (Å²) in [7, 11) is 3.29. The monoisotopic (exact) mass is 200 g/mol. The Balaban J connectivity index is 2.27. The number of methoxy groups -OCH3 is 2. The summed E-state index contributed by atoms with van der Waals surface area (Å²) in [5.74, 6) is -0.186. The van der Waals surface area contributed by atoms with Crippen molar-refractivity contribution < 1.29 is 19.0 Å². The lowest BCUT2D eigenvalue weighted by Crippen LogP contribution is -2.59. The average Bonchev–Trinajstić information content (AvgIpc) is 2.17. The van der Waals surface area contributed by atoms with Gasteiger partial charge in [0.05, 0.1) is 13.2 Å². The lowest BCUT2D eigenvalue weighted by molar-refractivity contribution is -0.312. The van der Waals surface area contributed by atoms with Gasteiger partial charge in [0.1, 0.15) is 5.78 Å². The zero-order valence-electron chi connectivity index (χ0n) is 8.62. The second-order valence-corrected chi connectivity index (χ2v) is 4.01. The fraction of sp³-hybridized carbons (Fsp3) is 0.900. The molecule has 2 bridgehead atoms. The van der Waals surface area contributed by atoms with E-state index in [0.717, 1.165) is 0 Å². The SMILES string of the molecule is COC1(OC)C2COCC1CC(=O)C2. The third-order valence-corrected chi connectivity index (χ3v) is 3.36. The summed E-state index contributed by atoms with van der Waals surface area (Å²) in [5, 5.41) is 0. The van der Waals surface area contributed by atoms with E-state index in [1.54, 1.807) is 14.2 Å². The van der Waals surface area contributed by atoms with Gasteiger partial charge in [-0.15, -0.1) is 0 Å². The first-order valence-electron chi connectivity index (χ1n) is 4.92. The third-order valence-electron chi connectivity index (χ3n) is 3.36. The van der Waals surface area contributed by atoms with Gasteiger partial charge in [0.25, 0.3) is 0 Å². The van der Waals surface area contributed by atoms with Crippen molar-refractivity contribution in [3.63, 3.8) is 0 Å². The average molecular weight is 200 g/mol. The first kappa shape index (κ1) is 10.1. The van der Waals surface area contributed by atoms with Crippen molar-refractivity contribution >= 4 is 5.78 Å². The molecule has 0 spiro atoms. The Morgan fingerprint density at radius 1 is 1.21 bits per heavy atom. The van der Waals surface area contributed by atoms with Crippen LogP contribution in [0.4, 0.5) is 0 Å². The number of hydrogen-bond donors (Lipinski definition) is 0. The van der Waals surface area contributed by atoms with Gasteiger partial charge in [0, 0.05) is 38.9 Å². The third kappa shape index (κ3) is 1.29. The fourth-order valence-corrected chi connectivity index (χ4v) is 2.70. The molecule has 0 aromatic carbocycles.